The third kappa shape index (κ3) is 6.48. The van der Waals surface area contributed by atoms with E-state index < -0.39 is 0 Å². The highest BCUT2D eigenvalue weighted by molar-refractivity contribution is 5.81. The summed E-state index contributed by atoms with van der Waals surface area (Å²) in [6.45, 7) is 24.1. The molecular weight excluding hydrogens is 512 g/mol. The summed E-state index contributed by atoms with van der Waals surface area (Å²) in [4.78, 5) is 4.73. The average Bonchev–Trinajstić information content (AvgIpc) is 3.62. The SMILES string of the molecule is CC(C)c1cccc(C(C)C)c1N1[C-]=[N+](Cc2cccc(CN3[C-]=[N+](c4c(C(C)C)cccc4C(C)C)CC3)c2)CC1. The van der Waals surface area contributed by atoms with E-state index in [1.54, 1.807) is 0 Å². The molecule has 3 aromatic carbocycles. The fourth-order valence-electron chi connectivity index (χ4n) is 6.45. The van der Waals surface area contributed by atoms with Crippen LogP contribution in [0.3, 0.4) is 0 Å². The van der Waals surface area contributed by atoms with Crippen LogP contribution in [0.2, 0.25) is 0 Å². The van der Waals surface area contributed by atoms with Gasteiger partial charge in [0.15, 0.2) is 0 Å². The van der Waals surface area contributed by atoms with E-state index in [1.807, 2.05) is 0 Å². The highest BCUT2D eigenvalue weighted by Crippen LogP contribution is 2.36. The lowest BCUT2D eigenvalue weighted by atomic mass is 9.92. The quantitative estimate of drug-likeness (QED) is 0.182. The molecule has 0 spiro atoms. The first kappa shape index (κ1) is 30.1. The Morgan fingerprint density at radius 2 is 1.19 bits per heavy atom. The number of hydrogen-bond donors (Lipinski definition) is 0. The fourth-order valence-corrected chi connectivity index (χ4v) is 6.45. The summed E-state index contributed by atoms with van der Waals surface area (Å²) >= 11 is 0. The number of hydrogen-bond acceptors (Lipinski definition) is 2. The summed E-state index contributed by atoms with van der Waals surface area (Å²) in [5.41, 5.74) is 11.1. The lowest BCUT2D eigenvalue weighted by Gasteiger charge is -2.29. The Labute approximate surface area is 255 Å². The van der Waals surface area contributed by atoms with Crippen molar-refractivity contribution < 1.29 is 9.15 Å². The molecule has 0 saturated carbocycles. The summed E-state index contributed by atoms with van der Waals surface area (Å²) in [5, 5.41) is 0. The van der Waals surface area contributed by atoms with Gasteiger partial charge in [0, 0.05) is 0 Å². The monoisotopic (exact) mass is 562 g/mol. The molecule has 4 nitrogen and oxygen atoms in total. The Balaban J connectivity index is 1.32. The van der Waals surface area contributed by atoms with E-state index in [2.05, 4.69) is 148 Å². The first-order valence-corrected chi connectivity index (χ1v) is 16.0. The van der Waals surface area contributed by atoms with Gasteiger partial charge < -0.3 is 19.0 Å². The van der Waals surface area contributed by atoms with E-state index in [1.165, 1.54) is 44.8 Å². The molecule has 0 amide bonds. The average molecular weight is 563 g/mol. The van der Waals surface area contributed by atoms with Gasteiger partial charge in [0.1, 0.15) is 25.8 Å². The van der Waals surface area contributed by atoms with Crippen molar-refractivity contribution in [1.82, 2.24) is 4.90 Å². The number of anilines is 1. The molecule has 0 aromatic heterocycles. The van der Waals surface area contributed by atoms with Gasteiger partial charge in [-0.3, -0.25) is 0 Å². The molecule has 0 unspecified atom stereocenters. The van der Waals surface area contributed by atoms with E-state index in [4.69, 9.17) is 0 Å². The van der Waals surface area contributed by atoms with Crippen molar-refractivity contribution in [2.24, 2.45) is 0 Å². The maximum Gasteiger partial charge on any atom is 0.131 e. The van der Waals surface area contributed by atoms with E-state index in [-0.39, 0.29) is 0 Å². The van der Waals surface area contributed by atoms with Crippen LogP contribution in [-0.2, 0) is 13.1 Å². The van der Waals surface area contributed by atoms with Crippen LogP contribution in [0.5, 0.6) is 0 Å². The zero-order valence-corrected chi connectivity index (χ0v) is 27.1. The zero-order chi connectivity index (χ0) is 30.0. The number of benzene rings is 3. The molecule has 0 N–H and O–H groups in total. The molecule has 2 aliphatic rings. The lowest BCUT2D eigenvalue weighted by Crippen LogP contribution is -2.22. The van der Waals surface area contributed by atoms with Crippen LogP contribution in [0, 0.1) is 0 Å². The smallest absolute Gasteiger partial charge is 0.131 e. The van der Waals surface area contributed by atoms with Crippen molar-refractivity contribution >= 4 is 24.1 Å². The van der Waals surface area contributed by atoms with Crippen molar-refractivity contribution in [1.29, 1.82) is 0 Å². The normalized spacial score (nSPS) is 15.5. The Bertz CT molecular complexity index is 1410. The van der Waals surface area contributed by atoms with Gasteiger partial charge in [-0.25, -0.2) is 0 Å². The predicted octanol–water partition coefficient (Wildman–Crippen LogP) is 8.18. The fraction of sp³-hybridized carbons (Fsp3) is 0.474. The molecule has 0 bridgehead atoms. The van der Waals surface area contributed by atoms with Crippen LogP contribution in [0.15, 0.2) is 60.7 Å². The molecule has 0 saturated heterocycles. The molecule has 0 fully saturated rings. The minimum atomic E-state index is 0.483. The number of rotatable bonds is 10. The van der Waals surface area contributed by atoms with E-state index in [9.17, 15) is 0 Å². The second-order valence-corrected chi connectivity index (χ2v) is 13.4. The summed E-state index contributed by atoms with van der Waals surface area (Å²) in [7, 11) is 0. The van der Waals surface area contributed by atoms with E-state index in [0.717, 1.165) is 39.3 Å². The van der Waals surface area contributed by atoms with Crippen molar-refractivity contribution in [2.75, 3.05) is 31.1 Å². The maximum absolute atomic E-state index is 3.73. The first-order chi connectivity index (χ1) is 20.1. The van der Waals surface area contributed by atoms with E-state index >= 15 is 0 Å². The Morgan fingerprint density at radius 1 is 0.643 bits per heavy atom. The highest BCUT2D eigenvalue weighted by atomic mass is 15.3. The van der Waals surface area contributed by atoms with Gasteiger partial charge in [-0.05, 0) is 52.2 Å². The predicted molar refractivity (Wildman–Crippen MR) is 177 cm³/mol. The molecule has 0 aliphatic carbocycles. The largest absolute Gasteiger partial charge is 0.391 e. The molecule has 2 aliphatic heterocycles. The molecule has 5 rings (SSSR count). The topological polar surface area (TPSA) is 12.5 Å². The van der Waals surface area contributed by atoms with Crippen molar-refractivity contribution in [2.45, 2.75) is 92.2 Å². The van der Waals surface area contributed by atoms with Gasteiger partial charge in [-0.2, -0.15) is 0 Å². The van der Waals surface area contributed by atoms with Crippen LogP contribution in [0.1, 0.15) is 112 Å². The van der Waals surface area contributed by atoms with Gasteiger partial charge >= 0.3 is 0 Å². The summed E-state index contributed by atoms with van der Waals surface area (Å²) < 4.78 is 4.73. The molecular formula is C38H50N4. The summed E-state index contributed by atoms with van der Waals surface area (Å²) in [6.07, 6.45) is 7.46. The highest BCUT2D eigenvalue weighted by Gasteiger charge is 2.21. The second-order valence-electron chi connectivity index (χ2n) is 13.4. The molecule has 0 radical (unpaired) electrons. The van der Waals surface area contributed by atoms with Gasteiger partial charge in [-0.15, -0.1) is 0 Å². The first-order valence-electron chi connectivity index (χ1n) is 16.0. The van der Waals surface area contributed by atoms with Crippen LogP contribution >= 0.6 is 0 Å². The van der Waals surface area contributed by atoms with Gasteiger partial charge in [-0.1, -0.05) is 132 Å². The van der Waals surface area contributed by atoms with Crippen molar-refractivity contribution in [3.05, 3.63) is 94.0 Å². The Kier molecular flexibility index (Phi) is 9.20. The summed E-state index contributed by atoms with van der Waals surface area (Å²) in [6, 6.07) is 22.7. The van der Waals surface area contributed by atoms with Crippen molar-refractivity contribution in [3.63, 3.8) is 0 Å². The maximum atomic E-state index is 3.73. The van der Waals surface area contributed by atoms with Crippen LogP contribution < -0.4 is 4.90 Å². The van der Waals surface area contributed by atoms with Gasteiger partial charge in [0.2, 0.25) is 0 Å². The minimum absolute atomic E-state index is 0.483. The van der Waals surface area contributed by atoms with Crippen LogP contribution in [0.4, 0.5) is 11.4 Å². The minimum Gasteiger partial charge on any atom is -0.391 e. The third-order valence-electron chi connectivity index (χ3n) is 8.67. The standard InChI is InChI=1S/C38H50N4/c1-27(2)33-14-10-15-34(28(3)4)37(33)41-20-18-39(25-41)23-31-12-9-13-32(22-31)24-40-19-21-42(26-40)38-35(29(5)6)16-11-17-36(38)30(7)8/h9-17,22,27-30H,18-21,23-24H2,1-8H3. The lowest BCUT2D eigenvalue weighted by molar-refractivity contribution is -0.530. The Morgan fingerprint density at radius 3 is 1.79 bits per heavy atom. The van der Waals surface area contributed by atoms with Crippen molar-refractivity contribution in [3.8, 4) is 0 Å². The molecule has 3 aromatic rings. The number of para-hydroxylation sites is 2. The molecule has 4 heteroatoms. The van der Waals surface area contributed by atoms with Crippen LogP contribution in [-0.4, -0.2) is 52.9 Å². The van der Waals surface area contributed by atoms with E-state index in [0.29, 0.717) is 23.7 Å². The number of nitrogens with zero attached hydrogens (tertiary/aromatic N) is 4. The van der Waals surface area contributed by atoms with Gasteiger partial charge in [0.25, 0.3) is 0 Å². The Hall–Kier alpha value is -3.40. The molecule has 42 heavy (non-hydrogen) atoms. The zero-order valence-electron chi connectivity index (χ0n) is 27.1. The molecule has 0 atom stereocenters. The third-order valence-corrected chi connectivity index (χ3v) is 8.67. The molecule has 222 valence electrons. The van der Waals surface area contributed by atoms with Gasteiger partial charge in [0.05, 0.1) is 26.2 Å². The molecule has 2 heterocycles. The van der Waals surface area contributed by atoms with Crippen LogP contribution in [0.25, 0.3) is 0 Å². The summed E-state index contributed by atoms with van der Waals surface area (Å²) in [5.74, 6) is 1.93. The second kappa shape index (κ2) is 12.9.